The first kappa shape index (κ1) is 14.4. The fourth-order valence-electron chi connectivity index (χ4n) is 3.14. The topological polar surface area (TPSA) is 35.2 Å². The molecular formula is C17H27NO. The van der Waals surface area contributed by atoms with Gasteiger partial charge in [-0.05, 0) is 61.3 Å². The summed E-state index contributed by atoms with van der Waals surface area (Å²) in [4.78, 5) is 0. The fourth-order valence-corrected chi connectivity index (χ4v) is 3.14. The Morgan fingerprint density at radius 3 is 2.58 bits per heavy atom. The summed E-state index contributed by atoms with van der Waals surface area (Å²) >= 11 is 0. The van der Waals surface area contributed by atoms with Gasteiger partial charge in [0.05, 0.1) is 7.11 Å². The Hall–Kier alpha value is -1.02. The van der Waals surface area contributed by atoms with Crippen molar-refractivity contribution in [2.45, 2.75) is 51.4 Å². The van der Waals surface area contributed by atoms with Crippen LogP contribution in [-0.4, -0.2) is 13.7 Å². The van der Waals surface area contributed by atoms with Crippen LogP contribution in [0.1, 0.15) is 56.1 Å². The second kappa shape index (κ2) is 6.95. The van der Waals surface area contributed by atoms with E-state index in [4.69, 9.17) is 10.5 Å². The Morgan fingerprint density at radius 1 is 1.21 bits per heavy atom. The third-order valence-corrected chi connectivity index (χ3v) is 4.42. The highest BCUT2D eigenvalue weighted by molar-refractivity contribution is 5.40. The normalized spacial score (nSPS) is 23.3. The van der Waals surface area contributed by atoms with Gasteiger partial charge in [0.15, 0.2) is 0 Å². The van der Waals surface area contributed by atoms with E-state index in [9.17, 15) is 0 Å². The largest absolute Gasteiger partial charge is 0.496 e. The Bertz CT molecular complexity index is 394. The molecule has 0 unspecified atom stereocenters. The van der Waals surface area contributed by atoms with Crippen LogP contribution in [0, 0.1) is 5.92 Å². The summed E-state index contributed by atoms with van der Waals surface area (Å²) in [5, 5.41) is 0. The average Bonchev–Trinajstić information content (AvgIpc) is 2.45. The zero-order chi connectivity index (χ0) is 13.7. The molecule has 1 aliphatic rings. The van der Waals surface area contributed by atoms with E-state index < -0.39 is 0 Å². The smallest absolute Gasteiger partial charge is 0.122 e. The monoisotopic (exact) mass is 261 g/mol. The molecule has 106 valence electrons. The second-order valence-corrected chi connectivity index (χ2v) is 5.93. The van der Waals surface area contributed by atoms with Crippen LogP contribution in [0.25, 0.3) is 0 Å². The predicted octanol–water partition coefficient (Wildman–Crippen LogP) is 3.88. The highest BCUT2D eigenvalue weighted by Gasteiger charge is 2.22. The Balaban J connectivity index is 2.15. The fraction of sp³-hybridized carbons (Fsp3) is 0.647. The molecule has 2 heteroatoms. The quantitative estimate of drug-likeness (QED) is 0.873. The minimum absolute atomic E-state index is 0.684. The van der Waals surface area contributed by atoms with Crippen molar-refractivity contribution in [3.8, 4) is 5.75 Å². The van der Waals surface area contributed by atoms with E-state index in [0.29, 0.717) is 5.92 Å². The SMILES string of the molecule is COc1ccc(CCCN)cc1C1CCC(C)CC1. The van der Waals surface area contributed by atoms with Gasteiger partial charge in [-0.15, -0.1) is 0 Å². The number of nitrogens with two attached hydrogens (primary N) is 1. The summed E-state index contributed by atoms with van der Waals surface area (Å²) in [6.45, 7) is 3.13. The Morgan fingerprint density at radius 2 is 1.95 bits per heavy atom. The maximum Gasteiger partial charge on any atom is 0.122 e. The first-order valence-corrected chi connectivity index (χ1v) is 7.61. The summed E-state index contributed by atoms with van der Waals surface area (Å²) in [6.07, 6.45) is 7.45. The molecule has 0 radical (unpaired) electrons. The molecule has 0 amide bonds. The number of hydrogen-bond donors (Lipinski definition) is 1. The lowest BCUT2D eigenvalue weighted by atomic mass is 9.79. The molecule has 0 atom stereocenters. The molecule has 2 N–H and O–H groups in total. The zero-order valence-electron chi connectivity index (χ0n) is 12.3. The van der Waals surface area contributed by atoms with Gasteiger partial charge < -0.3 is 10.5 Å². The number of rotatable bonds is 5. The van der Waals surface area contributed by atoms with E-state index in [1.54, 1.807) is 7.11 Å². The van der Waals surface area contributed by atoms with Gasteiger partial charge in [-0.25, -0.2) is 0 Å². The number of methoxy groups -OCH3 is 1. The van der Waals surface area contributed by atoms with Crippen LogP contribution in [0.15, 0.2) is 18.2 Å². The van der Waals surface area contributed by atoms with Crippen molar-refractivity contribution < 1.29 is 4.74 Å². The molecule has 0 aliphatic heterocycles. The molecule has 1 aromatic carbocycles. The van der Waals surface area contributed by atoms with Gasteiger partial charge in [-0.1, -0.05) is 31.9 Å². The van der Waals surface area contributed by atoms with Gasteiger partial charge in [0.25, 0.3) is 0 Å². The molecule has 1 aromatic rings. The minimum atomic E-state index is 0.684. The van der Waals surface area contributed by atoms with Crippen molar-refractivity contribution in [3.63, 3.8) is 0 Å². The average molecular weight is 261 g/mol. The molecule has 0 bridgehead atoms. The summed E-state index contributed by atoms with van der Waals surface area (Å²) < 4.78 is 5.56. The first-order chi connectivity index (χ1) is 9.24. The van der Waals surface area contributed by atoms with E-state index in [1.807, 2.05) is 0 Å². The molecule has 1 fully saturated rings. The van der Waals surface area contributed by atoms with Gasteiger partial charge in [0, 0.05) is 0 Å². The Kier molecular flexibility index (Phi) is 5.26. The van der Waals surface area contributed by atoms with E-state index in [1.165, 1.54) is 36.8 Å². The van der Waals surface area contributed by atoms with Gasteiger partial charge >= 0.3 is 0 Å². The lowest BCUT2D eigenvalue weighted by Crippen LogP contribution is -2.12. The summed E-state index contributed by atoms with van der Waals surface area (Å²) in [5.74, 6) is 2.64. The van der Waals surface area contributed by atoms with Crippen molar-refractivity contribution in [1.29, 1.82) is 0 Å². The minimum Gasteiger partial charge on any atom is -0.496 e. The van der Waals surface area contributed by atoms with Crippen molar-refractivity contribution >= 4 is 0 Å². The molecule has 0 spiro atoms. The van der Waals surface area contributed by atoms with Crippen molar-refractivity contribution in [2.24, 2.45) is 11.7 Å². The molecule has 0 aromatic heterocycles. The molecule has 19 heavy (non-hydrogen) atoms. The van der Waals surface area contributed by atoms with Crippen LogP contribution < -0.4 is 10.5 Å². The summed E-state index contributed by atoms with van der Waals surface area (Å²) in [7, 11) is 1.78. The Labute approximate surface area is 117 Å². The van der Waals surface area contributed by atoms with Crippen LogP contribution in [-0.2, 0) is 6.42 Å². The number of ether oxygens (including phenoxy) is 1. The van der Waals surface area contributed by atoms with E-state index in [2.05, 4.69) is 25.1 Å². The molecule has 2 nitrogen and oxygen atoms in total. The van der Waals surface area contributed by atoms with E-state index >= 15 is 0 Å². The van der Waals surface area contributed by atoms with Crippen molar-refractivity contribution in [3.05, 3.63) is 29.3 Å². The van der Waals surface area contributed by atoms with Crippen LogP contribution >= 0.6 is 0 Å². The van der Waals surface area contributed by atoms with Crippen LogP contribution in [0.3, 0.4) is 0 Å². The van der Waals surface area contributed by atoms with Gasteiger partial charge in [-0.3, -0.25) is 0 Å². The molecule has 2 rings (SSSR count). The predicted molar refractivity (Wildman–Crippen MR) is 80.7 cm³/mol. The van der Waals surface area contributed by atoms with Crippen LogP contribution in [0.2, 0.25) is 0 Å². The third-order valence-electron chi connectivity index (χ3n) is 4.42. The lowest BCUT2D eigenvalue weighted by Gasteiger charge is -2.28. The maximum atomic E-state index is 5.60. The molecule has 0 saturated heterocycles. The van der Waals surface area contributed by atoms with Gasteiger partial charge in [0.2, 0.25) is 0 Å². The number of benzene rings is 1. The lowest BCUT2D eigenvalue weighted by molar-refractivity contribution is 0.336. The molecule has 1 saturated carbocycles. The zero-order valence-corrected chi connectivity index (χ0v) is 12.3. The van der Waals surface area contributed by atoms with Gasteiger partial charge in [-0.2, -0.15) is 0 Å². The van der Waals surface area contributed by atoms with Gasteiger partial charge in [0.1, 0.15) is 5.75 Å². The highest BCUT2D eigenvalue weighted by Crippen LogP contribution is 2.39. The highest BCUT2D eigenvalue weighted by atomic mass is 16.5. The maximum absolute atomic E-state index is 5.60. The first-order valence-electron chi connectivity index (χ1n) is 7.61. The standard InChI is InChI=1S/C17H27NO/c1-13-5-8-15(9-6-13)16-12-14(4-3-11-18)7-10-17(16)19-2/h7,10,12-13,15H,3-6,8-9,11,18H2,1-2H3. The molecular weight excluding hydrogens is 234 g/mol. The second-order valence-electron chi connectivity index (χ2n) is 5.93. The molecule has 0 heterocycles. The summed E-state index contributed by atoms with van der Waals surface area (Å²) in [6, 6.07) is 6.68. The number of hydrogen-bond acceptors (Lipinski definition) is 2. The van der Waals surface area contributed by atoms with Crippen molar-refractivity contribution in [2.75, 3.05) is 13.7 Å². The third kappa shape index (κ3) is 3.73. The van der Waals surface area contributed by atoms with Crippen molar-refractivity contribution in [1.82, 2.24) is 0 Å². The summed E-state index contributed by atoms with van der Waals surface area (Å²) in [5.41, 5.74) is 8.43. The van der Waals surface area contributed by atoms with Crippen LogP contribution in [0.5, 0.6) is 5.75 Å². The van der Waals surface area contributed by atoms with Crippen LogP contribution in [0.4, 0.5) is 0 Å². The molecule has 1 aliphatic carbocycles. The number of aryl methyl sites for hydroxylation is 1. The van der Waals surface area contributed by atoms with E-state index in [-0.39, 0.29) is 0 Å². The van der Waals surface area contributed by atoms with E-state index in [0.717, 1.165) is 31.1 Å².